The molecule has 0 atom stereocenters. The van der Waals surface area contributed by atoms with Crippen LogP contribution in [0, 0.1) is 0 Å². The van der Waals surface area contributed by atoms with Gasteiger partial charge in [-0.2, -0.15) is 0 Å². The predicted molar refractivity (Wildman–Crippen MR) is 75.2 cm³/mol. The third kappa shape index (κ3) is 1.87. The van der Waals surface area contributed by atoms with Gasteiger partial charge in [-0.25, -0.2) is 0 Å². The predicted octanol–water partition coefficient (Wildman–Crippen LogP) is 3.14. The van der Waals surface area contributed by atoms with E-state index in [4.69, 9.17) is 4.74 Å². The monoisotopic (exact) mass is 241 g/mol. The van der Waals surface area contributed by atoms with Crippen LogP contribution in [-0.4, -0.2) is 19.7 Å². The maximum atomic E-state index is 5.54. The molecule has 1 aliphatic carbocycles. The van der Waals surface area contributed by atoms with Crippen molar-refractivity contribution in [1.29, 1.82) is 0 Å². The van der Waals surface area contributed by atoms with E-state index in [2.05, 4.69) is 48.8 Å². The molecule has 1 aliphatic rings. The number of fused-ring (bicyclic) bond motifs is 1. The lowest BCUT2D eigenvalue weighted by Crippen LogP contribution is -2.29. The molecular formula is C16H19NO. The van der Waals surface area contributed by atoms with Crippen molar-refractivity contribution in [1.82, 2.24) is 5.32 Å². The molecular weight excluding hydrogens is 222 g/mol. The molecule has 94 valence electrons. The van der Waals surface area contributed by atoms with Crippen LogP contribution in [0.4, 0.5) is 0 Å². The van der Waals surface area contributed by atoms with E-state index in [0.29, 0.717) is 5.54 Å². The Morgan fingerprint density at radius 2 is 1.94 bits per heavy atom. The summed E-state index contributed by atoms with van der Waals surface area (Å²) < 4.78 is 5.54. The Balaban J connectivity index is 2.12. The van der Waals surface area contributed by atoms with E-state index in [0.717, 1.165) is 12.2 Å². The number of nitrogens with one attached hydrogen (secondary N) is 1. The summed E-state index contributed by atoms with van der Waals surface area (Å²) in [5.74, 6) is 1.01. The Bertz CT molecular complexity index is 572. The molecule has 0 spiro atoms. The summed E-state index contributed by atoms with van der Waals surface area (Å²) in [5.41, 5.74) is 1.64. The summed E-state index contributed by atoms with van der Waals surface area (Å²) in [6.07, 6.45) is 3.57. The molecule has 0 amide bonds. The Labute approximate surface area is 108 Å². The number of hydrogen-bond donors (Lipinski definition) is 1. The van der Waals surface area contributed by atoms with Gasteiger partial charge < -0.3 is 10.1 Å². The maximum absolute atomic E-state index is 5.54. The van der Waals surface area contributed by atoms with Gasteiger partial charge in [-0.05, 0) is 43.1 Å². The first kappa shape index (κ1) is 11.5. The van der Waals surface area contributed by atoms with Gasteiger partial charge in [-0.3, -0.25) is 0 Å². The van der Waals surface area contributed by atoms with Gasteiger partial charge in [0.25, 0.3) is 0 Å². The lowest BCUT2D eigenvalue weighted by Gasteiger charge is -2.18. The summed E-state index contributed by atoms with van der Waals surface area (Å²) >= 11 is 0. The molecule has 0 radical (unpaired) electrons. The maximum Gasteiger partial charge on any atom is 0.122 e. The summed E-state index contributed by atoms with van der Waals surface area (Å²) in [6, 6.07) is 12.8. The van der Waals surface area contributed by atoms with Crippen LogP contribution in [0.2, 0.25) is 0 Å². The minimum Gasteiger partial charge on any atom is -0.496 e. The second-order valence-electron chi connectivity index (χ2n) is 5.17. The standard InChI is InChI=1S/C16H19NO/c1-17-16(9-10-16)11-14-13-6-4-3-5-12(13)7-8-15(14)18-2/h3-8,17H,9-11H2,1-2H3. The van der Waals surface area contributed by atoms with E-state index >= 15 is 0 Å². The summed E-state index contributed by atoms with van der Waals surface area (Å²) in [5, 5.41) is 6.07. The van der Waals surface area contributed by atoms with Crippen molar-refractivity contribution in [2.24, 2.45) is 0 Å². The van der Waals surface area contributed by atoms with Crippen LogP contribution in [0.15, 0.2) is 36.4 Å². The van der Waals surface area contributed by atoms with E-state index in [1.807, 2.05) is 0 Å². The molecule has 0 aromatic heterocycles. The van der Waals surface area contributed by atoms with E-state index in [-0.39, 0.29) is 0 Å². The largest absolute Gasteiger partial charge is 0.496 e. The van der Waals surface area contributed by atoms with E-state index in [9.17, 15) is 0 Å². The second-order valence-corrected chi connectivity index (χ2v) is 5.17. The fourth-order valence-electron chi connectivity index (χ4n) is 2.69. The van der Waals surface area contributed by atoms with Gasteiger partial charge in [-0.1, -0.05) is 30.3 Å². The third-order valence-electron chi connectivity index (χ3n) is 4.12. The molecule has 0 saturated heterocycles. The van der Waals surface area contributed by atoms with E-state index in [1.165, 1.54) is 29.2 Å². The van der Waals surface area contributed by atoms with Gasteiger partial charge in [-0.15, -0.1) is 0 Å². The first-order valence-corrected chi connectivity index (χ1v) is 6.51. The van der Waals surface area contributed by atoms with Crippen LogP contribution in [0.5, 0.6) is 5.75 Å². The summed E-state index contributed by atoms with van der Waals surface area (Å²) in [7, 11) is 3.82. The molecule has 18 heavy (non-hydrogen) atoms. The summed E-state index contributed by atoms with van der Waals surface area (Å²) in [6.45, 7) is 0. The van der Waals surface area contributed by atoms with Gasteiger partial charge in [0, 0.05) is 11.1 Å². The van der Waals surface area contributed by atoms with Crippen molar-refractivity contribution in [3.8, 4) is 5.75 Å². The van der Waals surface area contributed by atoms with Crippen LogP contribution in [0.3, 0.4) is 0 Å². The minimum absolute atomic E-state index is 0.303. The van der Waals surface area contributed by atoms with E-state index < -0.39 is 0 Å². The van der Waals surface area contributed by atoms with Crippen LogP contribution < -0.4 is 10.1 Å². The van der Waals surface area contributed by atoms with Crippen LogP contribution in [0.25, 0.3) is 10.8 Å². The van der Waals surface area contributed by atoms with Gasteiger partial charge >= 0.3 is 0 Å². The zero-order chi connectivity index (χ0) is 12.6. The summed E-state index contributed by atoms with van der Waals surface area (Å²) in [4.78, 5) is 0. The highest BCUT2D eigenvalue weighted by molar-refractivity contribution is 5.88. The topological polar surface area (TPSA) is 21.3 Å². The first-order valence-electron chi connectivity index (χ1n) is 6.51. The molecule has 2 heteroatoms. The number of likely N-dealkylation sites (N-methyl/N-ethyl adjacent to an activating group) is 1. The number of ether oxygens (including phenoxy) is 1. The molecule has 0 unspecified atom stereocenters. The third-order valence-corrected chi connectivity index (χ3v) is 4.12. The lowest BCUT2D eigenvalue weighted by atomic mass is 9.96. The quantitative estimate of drug-likeness (QED) is 0.888. The number of methoxy groups -OCH3 is 1. The second kappa shape index (κ2) is 4.29. The zero-order valence-electron chi connectivity index (χ0n) is 11.0. The first-order chi connectivity index (χ1) is 8.78. The Morgan fingerprint density at radius 3 is 2.61 bits per heavy atom. The Kier molecular flexibility index (Phi) is 2.75. The SMILES string of the molecule is CNC1(Cc2c(OC)ccc3ccccc23)CC1. The van der Waals surface area contributed by atoms with E-state index in [1.54, 1.807) is 7.11 Å². The highest BCUT2D eigenvalue weighted by atomic mass is 16.5. The minimum atomic E-state index is 0.303. The van der Waals surface area contributed by atoms with Crippen molar-refractivity contribution in [2.75, 3.05) is 14.2 Å². The van der Waals surface area contributed by atoms with Gasteiger partial charge in [0.05, 0.1) is 7.11 Å². The number of hydrogen-bond acceptors (Lipinski definition) is 2. The van der Waals surface area contributed by atoms with Crippen molar-refractivity contribution in [3.63, 3.8) is 0 Å². The lowest BCUT2D eigenvalue weighted by molar-refractivity contribution is 0.406. The van der Waals surface area contributed by atoms with Crippen LogP contribution in [0.1, 0.15) is 18.4 Å². The molecule has 3 rings (SSSR count). The average Bonchev–Trinajstić information content (AvgIpc) is 3.20. The van der Waals surface area contributed by atoms with Crippen molar-refractivity contribution in [3.05, 3.63) is 42.0 Å². The average molecular weight is 241 g/mol. The fraction of sp³-hybridized carbons (Fsp3) is 0.375. The van der Waals surface area contributed by atoms with Crippen molar-refractivity contribution < 1.29 is 4.74 Å². The molecule has 0 aliphatic heterocycles. The Hall–Kier alpha value is -1.54. The molecule has 1 saturated carbocycles. The molecule has 1 N–H and O–H groups in total. The molecule has 2 aromatic rings. The van der Waals surface area contributed by atoms with Crippen LogP contribution in [-0.2, 0) is 6.42 Å². The number of benzene rings is 2. The fourth-order valence-corrected chi connectivity index (χ4v) is 2.69. The molecule has 0 bridgehead atoms. The zero-order valence-corrected chi connectivity index (χ0v) is 11.0. The van der Waals surface area contributed by atoms with Gasteiger partial charge in [0.15, 0.2) is 0 Å². The van der Waals surface area contributed by atoms with Gasteiger partial charge in [0.2, 0.25) is 0 Å². The van der Waals surface area contributed by atoms with Crippen molar-refractivity contribution >= 4 is 10.8 Å². The van der Waals surface area contributed by atoms with Gasteiger partial charge in [0.1, 0.15) is 5.75 Å². The smallest absolute Gasteiger partial charge is 0.122 e. The normalized spacial score (nSPS) is 16.8. The molecule has 0 heterocycles. The highest BCUT2D eigenvalue weighted by Crippen LogP contribution is 2.41. The van der Waals surface area contributed by atoms with Crippen molar-refractivity contribution in [2.45, 2.75) is 24.8 Å². The number of rotatable bonds is 4. The Morgan fingerprint density at radius 1 is 1.17 bits per heavy atom. The molecule has 2 nitrogen and oxygen atoms in total. The molecule has 2 aromatic carbocycles. The van der Waals surface area contributed by atoms with Crippen LogP contribution >= 0.6 is 0 Å². The molecule has 1 fully saturated rings. The highest BCUT2D eigenvalue weighted by Gasteiger charge is 2.41.